The van der Waals surface area contributed by atoms with E-state index in [0.717, 1.165) is 4.90 Å². The molecule has 1 aliphatic rings. The van der Waals surface area contributed by atoms with Gasteiger partial charge in [0, 0.05) is 18.1 Å². The summed E-state index contributed by atoms with van der Waals surface area (Å²) in [4.78, 5) is 24.1. The van der Waals surface area contributed by atoms with Crippen molar-refractivity contribution in [1.82, 2.24) is 4.90 Å². The van der Waals surface area contributed by atoms with Crippen molar-refractivity contribution in [3.63, 3.8) is 0 Å². The van der Waals surface area contributed by atoms with Crippen LogP contribution in [0.15, 0.2) is 12.1 Å². The number of hydrogen-bond donors (Lipinski definition) is 0. The summed E-state index contributed by atoms with van der Waals surface area (Å²) in [5.74, 6) is -2.29. The van der Waals surface area contributed by atoms with Crippen molar-refractivity contribution in [3.8, 4) is 0 Å². The maximum atomic E-state index is 12.6. The molecule has 1 amide bonds. The fourth-order valence-corrected chi connectivity index (χ4v) is 3.03. The summed E-state index contributed by atoms with van der Waals surface area (Å²) in [6.45, 7) is 5.05. The van der Waals surface area contributed by atoms with Gasteiger partial charge in [-0.15, -0.1) is 0 Å². The Hall–Kier alpha value is -1.76. The SMILES string of the molecule is CC(C)(C)OC(=O)Cc1ccc2c(c1Cl)CCN(C(=O)C(F)(F)F)C2. The van der Waals surface area contributed by atoms with E-state index in [-0.39, 0.29) is 25.9 Å². The second kappa shape index (κ2) is 6.86. The number of alkyl halides is 3. The number of benzene rings is 1. The van der Waals surface area contributed by atoms with Gasteiger partial charge in [0.1, 0.15) is 5.60 Å². The normalized spacial score (nSPS) is 14.9. The maximum absolute atomic E-state index is 12.6. The Morgan fingerprint density at radius 2 is 1.88 bits per heavy atom. The standard InChI is InChI=1S/C17H19ClF3NO3/c1-16(2,3)25-13(23)8-10-4-5-11-9-22(15(24)17(19,20)21)7-6-12(11)14(10)18/h4-5H,6-9H2,1-3H3. The van der Waals surface area contributed by atoms with Gasteiger partial charge in [0.25, 0.3) is 0 Å². The largest absolute Gasteiger partial charge is 0.471 e. The van der Waals surface area contributed by atoms with Crippen LogP contribution < -0.4 is 0 Å². The van der Waals surface area contributed by atoms with Gasteiger partial charge in [-0.1, -0.05) is 23.7 Å². The molecule has 0 N–H and O–H groups in total. The molecule has 0 fully saturated rings. The molecule has 0 spiro atoms. The van der Waals surface area contributed by atoms with Crippen LogP contribution in [-0.2, 0) is 33.7 Å². The smallest absolute Gasteiger partial charge is 0.460 e. The highest BCUT2D eigenvalue weighted by Crippen LogP contribution is 2.31. The summed E-state index contributed by atoms with van der Waals surface area (Å²) in [5, 5.41) is 0.350. The van der Waals surface area contributed by atoms with Gasteiger partial charge in [-0.3, -0.25) is 9.59 Å². The summed E-state index contributed by atoms with van der Waals surface area (Å²) in [5.41, 5.74) is 1.18. The number of carbonyl (C=O) groups excluding carboxylic acids is 2. The highest BCUT2D eigenvalue weighted by Gasteiger charge is 2.43. The third-order valence-corrected chi connectivity index (χ3v) is 4.17. The predicted molar refractivity (Wildman–Crippen MR) is 86.2 cm³/mol. The van der Waals surface area contributed by atoms with Crippen LogP contribution in [-0.4, -0.2) is 35.1 Å². The molecule has 0 radical (unpaired) electrons. The van der Waals surface area contributed by atoms with E-state index in [1.54, 1.807) is 32.9 Å². The maximum Gasteiger partial charge on any atom is 0.471 e. The van der Waals surface area contributed by atoms with Crippen LogP contribution >= 0.6 is 11.6 Å². The monoisotopic (exact) mass is 377 g/mol. The first kappa shape index (κ1) is 19.6. The number of esters is 1. The molecule has 0 unspecified atom stereocenters. The number of hydrogen-bond acceptors (Lipinski definition) is 3. The van der Waals surface area contributed by atoms with Crippen molar-refractivity contribution >= 4 is 23.5 Å². The van der Waals surface area contributed by atoms with Crippen LogP contribution in [0.3, 0.4) is 0 Å². The number of ether oxygens (including phenoxy) is 1. The molecule has 1 aromatic rings. The summed E-state index contributed by atoms with van der Waals surface area (Å²) < 4.78 is 42.9. The first-order chi connectivity index (χ1) is 11.4. The van der Waals surface area contributed by atoms with E-state index in [0.29, 0.717) is 21.7 Å². The number of halogens is 4. The van der Waals surface area contributed by atoms with Crippen LogP contribution in [0, 0.1) is 0 Å². The molecule has 8 heteroatoms. The number of fused-ring (bicyclic) bond motifs is 1. The Labute approximate surface area is 148 Å². The van der Waals surface area contributed by atoms with E-state index in [1.807, 2.05) is 0 Å². The van der Waals surface area contributed by atoms with Crippen LogP contribution in [0.4, 0.5) is 13.2 Å². The van der Waals surface area contributed by atoms with Crippen molar-refractivity contribution in [2.75, 3.05) is 6.54 Å². The molecular formula is C17H19ClF3NO3. The second-order valence-corrected chi connectivity index (χ2v) is 7.29. The van der Waals surface area contributed by atoms with E-state index in [9.17, 15) is 22.8 Å². The summed E-state index contributed by atoms with van der Waals surface area (Å²) in [6.07, 6.45) is -4.70. The van der Waals surface area contributed by atoms with Crippen molar-refractivity contribution in [2.24, 2.45) is 0 Å². The molecule has 0 aromatic heterocycles. The molecule has 1 aromatic carbocycles. The summed E-state index contributed by atoms with van der Waals surface area (Å²) in [7, 11) is 0. The van der Waals surface area contributed by atoms with Gasteiger partial charge < -0.3 is 9.64 Å². The number of rotatable bonds is 2. The molecule has 0 saturated carbocycles. The second-order valence-electron chi connectivity index (χ2n) is 6.91. The highest BCUT2D eigenvalue weighted by molar-refractivity contribution is 6.32. The molecule has 1 heterocycles. The molecule has 4 nitrogen and oxygen atoms in total. The average molecular weight is 378 g/mol. The van der Waals surface area contributed by atoms with E-state index >= 15 is 0 Å². The minimum atomic E-state index is -4.89. The molecule has 25 heavy (non-hydrogen) atoms. The van der Waals surface area contributed by atoms with Crippen LogP contribution in [0.1, 0.15) is 37.5 Å². The fourth-order valence-electron chi connectivity index (χ4n) is 2.68. The lowest BCUT2D eigenvalue weighted by Gasteiger charge is -2.30. The Bertz CT molecular complexity index is 696. The zero-order chi connectivity index (χ0) is 19.0. The third-order valence-electron chi connectivity index (χ3n) is 3.70. The lowest BCUT2D eigenvalue weighted by Crippen LogP contribution is -2.43. The lowest BCUT2D eigenvalue weighted by atomic mass is 9.96. The molecule has 0 bridgehead atoms. The zero-order valence-corrected chi connectivity index (χ0v) is 14.9. The summed E-state index contributed by atoms with van der Waals surface area (Å²) >= 11 is 6.33. The number of nitrogens with zero attached hydrogens (tertiary/aromatic N) is 1. The van der Waals surface area contributed by atoms with Gasteiger partial charge in [0.15, 0.2) is 0 Å². The average Bonchev–Trinajstić information content (AvgIpc) is 2.46. The van der Waals surface area contributed by atoms with Gasteiger partial charge >= 0.3 is 18.1 Å². The Morgan fingerprint density at radius 3 is 2.44 bits per heavy atom. The van der Waals surface area contributed by atoms with E-state index < -0.39 is 23.7 Å². The topological polar surface area (TPSA) is 46.6 Å². The van der Waals surface area contributed by atoms with Gasteiger partial charge in [0.05, 0.1) is 6.42 Å². The number of carbonyl (C=O) groups is 2. The quantitative estimate of drug-likeness (QED) is 0.739. The first-order valence-corrected chi connectivity index (χ1v) is 8.13. The Morgan fingerprint density at radius 1 is 1.24 bits per heavy atom. The van der Waals surface area contributed by atoms with E-state index in [4.69, 9.17) is 16.3 Å². The minimum Gasteiger partial charge on any atom is -0.460 e. The van der Waals surface area contributed by atoms with Crippen molar-refractivity contribution in [3.05, 3.63) is 33.8 Å². The predicted octanol–water partition coefficient (Wildman–Crippen LogP) is 3.67. The molecule has 1 aliphatic heterocycles. The van der Waals surface area contributed by atoms with Gasteiger partial charge in [-0.2, -0.15) is 13.2 Å². The lowest BCUT2D eigenvalue weighted by molar-refractivity contribution is -0.186. The van der Waals surface area contributed by atoms with E-state index in [1.165, 1.54) is 0 Å². The summed E-state index contributed by atoms with van der Waals surface area (Å²) in [6, 6.07) is 3.20. The zero-order valence-electron chi connectivity index (χ0n) is 14.2. The number of amides is 1. The van der Waals surface area contributed by atoms with Crippen LogP contribution in [0.5, 0.6) is 0 Å². The van der Waals surface area contributed by atoms with Crippen molar-refractivity contribution in [2.45, 2.75) is 51.9 Å². The van der Waals surface area contributed by atoms with Crippen molar-refractivity contribution < 1.29 is 27.5 Å². The molecule has 2 rings (SSSR count). The van der Waals surface area contributed by atoms with Gasteiger partial charge in [-0.05, 0) is 43.9 Å². The fraction of sp³-hybridized carbons (Fsp3) is 0.529. The Kier molecular flexibility index (Phi) is 5.37. The molecular weight excluding hydrogens is 359 g/mol. The third kappa shape index (κ3) is 4.87. The van der Waals surface area contributed by atoms with E-state index in [2.05, 4.69) is 0 Å². The molecule has 0 saturated heterocycles. The van der Waals surface area contributed by atoms with Gasteiger partial charge in [-0.25, -0.2) is 0 Å². The molecule has 0 aliphatic carbocycles. The Balaban J connectivity index is 2.16. The van der Waals surface area contributed by atoms with Gasteiger partial charge in [0.2, 0.25) is 0 Å². The minimum absolute atomic E-state index is 0.0193. The van der Waals surface area contributed by atoms with Crippen LogP contribution in [0.2, 0.25) is 5.02 Å². The molecule has 138 valence electrons. The van der Waals surface area contributed by atoms with Crippen molar-refractivity contribution in [1.29, 1.82) is 0 Å². The van der Waals surface area contributed by atoms with Crippen LogP contribution in [0.25, 0.3) is 0 Å². The first-order valence-electron chi connectivity index (χ1n) is 7.75. The highest BCUT2D eigenvalue weighted by atomic mass is 35.5. The molecule has 0 atom stereocenters.